The summed E-state index contributed by atoms with van der Waals surface area (Å²) < 4.78 is 13.1. The first-order chi connectivity index (χ1) is 14.2. The van der Waals surface area contributed by atoms with Gasteiger partial charge in [0.15, 0.2) is 0 Å². The maximum atomic E-state index is 13.1. The standard InChI is InChI=1S/C24H30FN3O/c25-21-9-11-22(12-10-21)27-18-16-26(17-19-27)15-13-23-8-4-5-14-28(23)24(29)20-6-2-1-3-7-20/h1-3,6-7,9-12,23H,4-5,8,13-19H2. The Bertz CT molecular complexity index is 788. The van der Waals surface area contributed by atoms with Gasteiger partial charge in [-0.15, -0.1) is 0 Å². The molecule has 2 aromatic rings. The van der Waals surface area contributed by atoms with Gasteiger partial charge in [-0.2, -0.15) is 0 Å². The number of anilines is 1. The largest absolute Gasteiger partial charge is 0.369 e. The van der Waals surface area contributed by atoms with E-state index in [4.69, 9.17) is 0 Å². The Kier molecular flexibility index (Phi) is 6.45. The summed E-state index contributed by atoms with van der Waals surface area (Å²) in [5.74, 6) is -0.00842. The molecule has 2 saturated heterocycles. The molecule has 2 aliphatic rings. The molecule has 0 radical (unpaired) electrons. The minimum Gasteiger partial charge on any atom is -0.369 e. The lowest BCUT2D eigenvalue weighted by Gasteiger charge is -2.39. The van der Waals surface area contributed by atoms with E-state index in [1.807, 2.05) is 42.5 Å². The number of amides is 1. The van der Waals surface area contributed by atoms with Crippen molar-refractivity contribution in [2.45, 2.75) is 31.7 Å². The van der Waals surface area contributed by atoms with E-state index in [-0.39, 0.29) is 11.7 Å². The van der Waals surface area contributed by atoms with Crippen LogP contribution in [0.25, 0.3) is 0 Å². The predicted octanol–water partition coefficient (Wildman–Crippen LogP) is 4.03. The van der Waals surface area contributed by atoms with Gasteiger partial charge in [0.25, 0.3) is 5.91 Å². The molecule has 0 spiro atoms. The van der Waals surface area contributed by atoms with Crippen LogP contribution in [0.4, 0.5) is 10.1 Å². The van der Waals surface area contributed by atoms with Gasteiger partial charge < -0.3 is 9.80 Å². The number of carbonyl (C=O) groups excluding carboxylic acids is 1. The summed E-state index contributed by atoms with van der Waals surface area (Å²) in [5.41, 5.74) is 1.89. The highest BCUT2D eigenvalue weighted by molar-refractivity contribution is 5.94. The first-order valence-electron chi connectivity index (χ1n) is 10.8. The van der Waals surface area contributed by atoms with Crippen LogP contribution < -0.4 is 4.90 Å². The van der Waals surface area contributed by atoms with Gasteiger partial charge in [0.2, 0.25) is 0 Å². The van der Waals surface area contributed by atoms with Crippen LogP contribution in [0, 0.1) is 5.82 Å². The molecule has 0 aromatic heterocycles. The van der Waals surface area contributed by atoms with Crippen LogP contribution in [-0.4, -0.2) is 61.0 Å². The Morgan fingerprint density at radius 3 is 2.34 bits per heavy atom. The van der Waals surface area contributed by atoms with E-state index >= 15 is 0 Å². The second-order valence-corrected chi connectivity index (χ2v) is 8.11. The van der Waals surface area contributed by atoms with Crippen molar-refractivity contribution in [3.8, 4) is 0 Å². The summed E-state index contributed by atoms with van der Waals surface area (Å²) in [7, 11) is 0. The van der Waals surface area contributed by atoms with Crippen LogP contribution in [0.1, 0.15) is 36.0 Å². The summed E-state index contributed by atoms with van der Waals surface area (Å²) in [6.07, 6.45) is 4.45. The monoisotopic (exact) mass is 395 g/mol. The fourth-order valence-electron chi connectivity index (χ4n) is 4.53. The van der Waals surface area contributed by atoms with Gasteiger partial charge in [0.1, 0.15) is 5.82 Å². The van der Waals surface area contributed by atoms with Crippen LogP contribution in [0.5, 0.6) is 0 Å². The molecule has 154 valence electrons. The molecule has 2 fully saturated rings. The number of halogens is 1. The lowest BCUT2D eigenvalue weighted by Crippen LogP contribution is -2.49. The quantitative estimate of drug-likeness (QED) is 0.765. The number of piperazine rings is 1. The number of benzene rings is 2. The summed E-state index contributed by atoms with van der Waals surface area (Å²) in [4.78, 5) is 19.9. The minimum atomic E-state index is -0.186. The SMILES string of the molecule is O=C(c1ccccc1)N1CCCCC1CCN1CCN(c2ccc(F)cc2)CC1. The third-order valence-electron chi connectivity index (χ3n) is 6.25. The van der Waals surface area contributed by atoms with E-state index in [2.05, 4.69) is 14.7 Å². The molecule has 29 heavy (non-hydrogen) atoms. The van der Waals surface area contributed by atoms with E-state index in [1.165, 1.54) is 18.6 Å². The van der Waals surface area contributed by atoms with Crippen molar-refractivity contribution in [1.29, 1.82) is 0 Å². The number of carbonyl (C=O) groups is 1. The zero-order valence-corrected chi connectivity index (χ0v) is 17.0. The van der Waals surface area contributed by atoms with Crippen LogP contribution in [-0.2, 0) is 0 Å². The Hall–Kier alpha value is -2.40. The minimum absolute atomic E-state index is 0.177. The summed E-state index contributed by atoms with van der Waals surface area (Å²) in [5, 5.41) is 0. The fraction of sp³-hybridized carbons (Fsp3) is 0.458. The third-order valence-corrected chi connectivity index (χ3v) is 6.25. The van der Waals surface area contributed by atoms with Gasteiger partial charge in [-0.3, -0.25) is 9.69 Å². The molecule has 2 aliphatic heterocycles. The average molecular weight is 396 g/mol. The molecule has 0 aliphatic carbocycles. The molecular weight excluding hydrogens is 365 g/mol. The number of nitrogens with zero attached hydrogens (tertiary/aromatic N) is 3. The molecule has 0 bridgehead atoms. The molecule has 1 unspecified atom stereocenters. The lowest BCUT2D eigenvalue weighted by atomic mass is 9.97. The Labute approximate surface area is 172 Å². The Morgan fingerprint density at radius 2 is 1.62 bits per heavy atom. The summed E-state index contributed by atoms with van der Waals surface area (Å²) >= 11 is 0. The molecule has 0 N–H and O–H groups in total. The second kappa shape index (κ2) is 9.40. The van der Waals surface area contributed by atoms with E-state index in [0.717, 1.165) is 69.8 Å². The predicted molar refractivity (Wildman–Crippen MR) is 115 cm³/mol. The number of hydrogen-bond donors (Lipinski definition) is 0. The van der Waals surface area contributed by atoms with E-state index < -0.39 is 0 Å². The topological polar surface area (TPSA) is 26.8 Å². The van der Waals surface area contributed by atoms with E-state index in [1.54, 1.807) is 0 Å². The second-order valence-electron chi connectivity index (χ2n) is 8.11. The molecule has 0 saturated carbocycles. The van der Waals surface area contributed by atoms with Crippen molar-refractivity contribution in [2.75, 3.05) is 44.2 Å². The maximum absolute atomic E-state index is 13.1. The van der Waals surface area contributed by atoms with Crippen molar-refractivity contribution in [2.24, 2.45) is 0 Å². The Balaban J connectivity index is 1.29. The maximum Gasteiger partial charge on any atom is 0.254 e. The molecule has 4 nitrogen and oxygen atoms in total. The molecular formula is C24H30FN3O. The average Bonchev–Trinajstić information content (AvgIpc) is 2.79. The molecule has 1 amide bonds. The number of rotatable bonds is 5. The van der Waals surface area contributed by atoms with Crippen LogP contribution >= 0.6 is 0 Å². The van der Waals surface area contributed by atoms with Gasteiger partial charge in [-0.1, -0.05) is 18.2 Å². The van der Waals surface area contributed by atoms with Crippen molar-refractivity contribution in [1.82, 2.24) is 9.80 Å². The zero-order chi connectivity index (χ0) is 20.1. The van der Waals surface area contributed by atoms with Gasteiger partial charge in [0, 0.05) is 56.6 Å². The fourth-order valence-corrected chi connectivity index (χ4v) is 4.53. The first kappa shape index (κ1) is 19.9. The van der Waals surface area contributed by atoms with E-state index in [9.17, 15) is 9.18 Å². The van der Waals surface area contributed by atoms with Crippen LogP contribution in [0.3, 0.4) is 0 Å². The van der Waals surface area contributed by atoms with Crippen molar-refractivity contribution < 1.29 is 9.18 Å². The highest BCUT2D eigenvalue weighted by atomic mass is 19.1. The molecule has 5 heteroatoms. The lowest BCUT2D eigenvalue weighted by molar-refractivity contribution is 0.0582. The smallest absolute Gasteiger partial charge is 0.254 e. The molecule has 2 heterocycles. The number of likely N-dealkylation sites (tertiary alicyclic amines) is 1. The number of hydrogen-bond acceptors (Lipinski definition) is 3. The van der Waals surface area contributed by atoms with Crippen LogP contribution in [0.2, 0.25) is 0 Å². The highest BCUT2D eigenvalue weighted by Gasteiger charge is 2.28. The zero-order valence-electron chi connectivity index (χ0n) is 17.0. The van der Waals surface area contributed by atoms with Gasteiger partial charge in [0.05, 0.1) is 0 Å². The van der Waals surface area contributed by atoms with Gasteiger partial charge >= 0.3 is 0 Å². The van der Waals surface area contributed by atoms with E-state index in [0.29, 0.717) is 6.04 Å². The number of piperidine rings is 1. The normalized spacial score (nSPS) is 20.7. The van der Waals surface area contributed by atoms with Crippen molar-refractivity contribution in [3.05, 3.63) is 66.0 Å². The van der Waals surface area contributed by atoms with Gasteiger partial charge in [-0.05, 0) is 62.1 Å². The summed E-state index contributed by atoms with van der Waals surface area (Å²) in [6.45, 7) is 5.84. The van der Waals surface area contributed by atoms with Gasteiger partial charge in [-0.25, -0.2) is 4.39 Å². The molecule has 1 atom stereocenters. The highest BCUT2D eigenvalue weighted by Crippen LogP contribution is 2.23. The first-order valence-corrected chi connectivity index (χ1v) is 10.8. The molecule has 4 rings (SSSR count). The summed E-state index contributed by atoms with van der Waals surface area (Å²) in [6, 6.07) is 16.8. The third kappa shape index (κ3) is 4.96. The Morgan fingerprint density at radius 1 is 0.897 bits per heavy atom. The van der Waals surface area contributed by atoms with Crippen molar-refractivity contribution >= 4 is 11.6 Å². The van der Waals surface area contributed by atoms with Crippen LogP contribution in [0.15, 0.2) is 54.6 Å². The van der Waals surface area contributed by atoms with Crippen molar-refractivity contribution in [3.63, 3.8) is 0 Å². The molecule has 2 aromatic carbocycles.